The number of carbonyl (C=O) groups excluding carboxylic acids is 1. The number of amides is 2. The highest BCUT2D eigenvalue weighted by Gasteiger charge is 2.24. The Morgan fingerprint density at radius 2 is 2.27 bits per heavy atom. The number of carbonyl (C=O) groups is 1. The lowest BCUT2D eigenvalue weighted by Gasteiger charge is -2.21. The second kappa shape index (κ2) is 8.25. The predicted molar refractivity (Wildman–Crippen MR) is 89.6 cm³/mol. The minimum absolute atomic E-state index is 0.0941. The SMILES string of the molecule is Cc1ccc(Cl)cc1N1CCC(CNC(=O)NCCCO)C1. The van der Waals surface area contributed by atoms with Crippen molar-refractivity contribution in [2.45, 2.75) is 19.8 Å². The number of nitrogens with one attached hydrogen (secondary N) is 2. The van der Waals surface area contributed by atoms with Crippen LogP contribution in [0.4, 0.5) is 10.5 Å². The van der Waals surface area contributed by atoms with Crippen LogP contribution >= 0.6 is 11.6 Å². The van der Waals surface area contributed by atoms with E-state index in [0.29, 0.717) is 25.4 Å². The number of hydrogen-bond acceptors (Lipinski definition) is 3. The van der Waals surface area contributed by atoms with Crippen molar-refractivity contribution in [1.29, 1.82) is 0 Å². The molecule has 1 aromatic carbocycles. The van der Waals surface area contributed by atoms with Crippen LogP contribution in [0.1, 0.15) is 18.4 Å². The number of aliphatic hydroxyl groups excluding tert-OH is 1. The molecule has 5 nitrogen and oxygen atoms in total. The van der Waals surface area contributed by atoms with Gasteiger partial charge in [0.1, 0.15) is 0 Å². The molecule has 1 aromatic rings. The van der Waals surface area contributed by atoms with Crippen molar-refractivity contribution < 1.29 is 9.90 Å². The smallest absolute Gasteiger partial charge is 0.314 e. The fourth-order valence-corrected chi connectivity index (χ4v) is 2.89. The number of anilines is 1. The van der Waals surface area contributed by atoms with Gasteiger partial charge >= 0.3 is 6.03 Å². The van der Waals surface area contributed by atoms with Gasteiger partial charge < -0.3 is 20.6 Å². The van der Waals surface area contributed by atoms with Crippen LogP contribution in [0.2, 0.25) is 5.02 Å². The van der Waals surface area contributed by atoms with Crippen molar-refractivity contribution in [3.63, 3.8) is 0 Å². The molecule has 1 fully saturated rings. The van der Waals surface area contributed by atoms with Crippen LogP contribution < -0.4 is 15.5 Å². The van der Waals surface area contributed by atoms with E-state index >= 15 is 0 Å². The number of hydrogen-bond donors (Lipinski definition) is 3. The molecule has 1 unspecified atom stereocenters. The Hall–Kier alpha value is -1.46. The molecule has 1 saturated heterocycles. The van der Waals surface area contributed by atoms with E-state index in [-0.39, 0.29) is 12.6 Å². The second-order valence-corrected chi connectivity index (χ2v) is 6.18. The van der Waals surface area contributed by atoms with Crippen molar-refractivity contribution in [1.82, 2.24) is 10.6 Å². The maximum absolute atomic E-state index is 11.6. The van der Waals surface area contributed by atoms with Gasteiger partial charge in [0, 0.05) is 43.5 Å². The van der Waals surface area contributed by atoms with Crippen LogP contribution in [-0.4, -0.2) is 43.9 Å². The van der Waals surface area contributed by atoms with E-state index in [0.717, 1.165) is 24.5 Å². The van der Waals surface area contributed by atoms with E-state index in [2.05, 4.69) is 22.5 Å². The molecule has 0 spiro atoms. The number of rotatable bonds is 6. The normalized spacial score (nSPS) is 17.6. The van der Waals surface area contributed by atoms with Crippen LogP contribution in [-0.2, 0) is 0 Å². The van der Waals surface area contributed by atoms with E-state index < -0.39 is 0 Å². The Labute approximate surface area is 136 Å². The Morgan fingerprint density at radius 3 is 3.05 bits per heavy atom. The van der Waals surface area contributed by atoms with E-state index in [1.54, 1.807) is 0 Å². The highest BCUT2D eigenvalue weighted by molar-refractivity contribution is 6.30. The standard InChI is InChI=1S/C16H24ClN3O2/c1-12-3-4-14(17)9-15(12)20-7-5-13(11-20)10-19-16(22)18-6-2-8-21/h3-4,9,13,21H,2,5-8,10-11H2,1H3,(H2,18,19,22). The molecule has 0 aliphatic carbocycles. The number of halogens is 1. The zero-order chi connectivity index (χ0) is 15.9. The van der Waals surface area contributed by atoms with Gasteiger partial charge in [0.25, 0.3) is 0 Å². The van der Waals surface area contributed by atoms with Crippen LogP contribution in [0.3, 0.4) is 0 Å². The van der Waals surface area contributed by atoms with Crippen molar-refractivity contribution >= 4 is 23.3 Å². The zero-order valence-corrected chi connectivity index (χ0v) is 13.7. The fraction of sp³-hybridized carbons (Fsp3) is 0.562. The predicted octanol–water partition coefficient (Wildman–Crippen LogP) is 2.16. The summed E-state index contributed by atoms with van der Waals surface area (Å²) in [5.74, 6) is 0.446. The van der Waals surface area contributed by atoms with Gasteiger partial charge in [-0.2, -0.15) is 0 Å². The largest absolute Gasteiger partial charge is 0.396 e. The van der Waals surface area contributed by atoms with Gasteiger partial charge in [0.05, 0.1) is 0 Å². The first-order valence-corrected chi connectivity index (χ1v) is 8.11. The number of urea groups is 1. The van der Waals surface area contributed by atoms with E-state index in [4.69, 9.17) is 16.7 Å². The fourth-order valence-electron chi connectivity index (χ4n) is 2.72. The monoisotopic (exact) mass is 325 g/mol. The second-order valence-electron chi connectivity index (χ2n) is 5.75. The van der Waals surface area contributed by atoms with Gasteiger partial charge in [-0.3, -0.25) is 0 Å². The molecular weight excluding hydrogens is 302 g/mol. The van der Waals surface area contributed by atoms with Gasteiger partial charge in [-0.15, -0.1) is 0 Å². The van der Waals surface area contributed by atoms with Crippen molar-refractivity contribution in [3.05, 3.63) is 28.8 Å². The highest BCUT2D eigenvalue weighted by atomic mass is 35.5. The number of aliphatic hydroxyl groups is 1. The van der Waals surface area contributed by atoms with Gasteiger partial charge in [0.15, 0.2) is 0 Å². The quantitative estimate of drug-likeness (QED) is 0.702. The first kappa shape index (κ1) is 16.9. The third kappa shape index (κ3) is 4.78. The molecule has 2 rings (SSSR count). The molecule has 0 bridgehead atoms. The zero-order valence-electron chi connectivity index (χ0n) is 12.9. The summed E-state index contributed by atoms with van der Waals surface area (Å²) in [7, 11) is 0. The summed E-state index contributed by atoms with van der Waals surface area (Å²) in [5, 5.41) is 15.1. The molecule has 0 radical (unpaired) electrons. The maximum Gasteiger partial charge on any atom is 0.314 e. The maximum atomic E-state index is 11.6. The summed E-state index contributed by atoms with van der Waals surface area (Å²) in [5.41, 5.74) is 2.40. The van der Waals surface area contributed by atoms with Gasteiger partial charge in [-0.25, -0.2) is 4.79 Å². The highest BCUT2D eigenvalue weighted by Crippen LogP contribution is 2.29. The van der Waals surface area contributed by atoms with E-state index in [9.17, 15) is 4.79 Å². The summed E-state index contributed by atoms with van der Waals surface area (Å²) in [6.07, 6.45) is 1.64. The van der Waals surface area contributed by atoms with Crippen LogP contribution in [0, 0.1) is 12.8 Å². The Morgan fingerprint density at radius 1 is 1.45 bits per heavy atom. The average molecular weight is 326 g/mol. The van der Waals surface area contributed by atoms with Gasteiger partial charge in [-0.05, 0) is 43.4 Å². The van der Waals surface area contributed by atoms with Gasteiger partial charge in [0.2, 0.25) is 0 Å². The molecule has 1 atom stereocenters. The minimum Gasteiger partial charge on any atom is -0.396 e. The average Bonchev–Trinajstić information content (AvgIpc) is 2.97. The molecule has 122 valence electrons. The van der Waals surface area contributed by atoms with Crippen LogP contribution in [0.25, 0.3) is 0 Å². The van der Waals surface area contributed by atoms with Crippen LogP contribution in [0.5, 0.6) is 0 Å². The first-order valence-electron chi connectivity index (χ1n) is 7.74. The molecule has 1 aliphatic heterocycles. The minimum atomic E-state index is -0.161. The molecule has 6 heteroatoms. The molecule has 22 heavy (non-hydrogen) atoms. The van der Waals surface area contributed by atoms with E-state index in [1.807, 2.05) is 18.2 Å². The summed E-state index contributed by atoms with van der Waals surface area (Å²) in [6, 6.07) is 5.80. The van der Waals surface area contributed by atoms with Crippen molar-refractivity contribution in [2.24, 2.45) is 5.92 Å². The van der Waals surface area contributed by atoms with Crippen molar-refractivity contribution in [2.75, 3.05) is 37.7 Å². The van der Waals surface area contributed by atoms with E-state index in [1.165, 1.54) is 11.3 Å². The number of nitrogens with zero attached hydrogens (tertiary/aromatic N) is 1. The molecule has 0 aromatic heterocycles. The number of aryl methyl sites for hydroxylation is 1. The molecule has 1 aliphatic rings. The Balaban J connectivity index is 1.78. The molecule has 1 heterocycles. The molecular formula is C16H24ClN3O2. The molecule has 2 amide bonds. The summed E-state index contributed by atoms with van der Waals surface area (Å²) in [4.78, 5) is 13.9. The Kier molecular flexibility index (Phi) is 6.34. The first-order chi connectivity index (χ1) is 10.6. The summed E-state index contributed by atoms with van der Waals surface area (Å²) in [6.45, 7) is 5.27. The lowest BCUT2D eigenvalue weighted by molar-refractivity contribution is 0.236. The third-order valence-electron chi connectivity index (χ3n) is 3.97. The lowest BCUT2D eigenvalue weighted by atomic mass is 10.1. The third-order valence-corrected chi connectivity index (χ3v) is 4.20. The van der Waals surface area contributed by atoms with Gasteiger partial charge in [-0.1, -0.05) is 17.7 Å². The lowest BCUT2D eigenvalue weighted by Crippen LogP contribution is -2.39. The summed E-state index contributed by atoms with van der Waals surface area (Å²) < 4.78 is 0. The molecule has 0 saturated carbocycles. The Bertz CT molecular complexity index is 510. The van der Waals surface area contributed by atoms with Crippen LogP contribution in [0.15, 0.2) is 18.2 Å². The molecule has 3 N–H and O–H groups in total. The summed E-state index contributed by atoms with van der Waals surface area (Å²) >= 11 is 6.09. The topological polar surface area (TPSA) is 64.6 Å². The van der Waals surface area contributed by atoms with Crippen molar-refractivity contribution in [3.8, 4) is 0 Å². The number of benzene rings is 1.